The molecule has 2 aromatic rings. The van der Waals surface area contributed by atoms with Crippen LogP contribution in [0.4, 0.5) is 0 Å². The number of quaternary nitrogens is 1. The number of carbonyl (C=O) groups excluding carboxylic acids is 1. The van der Waals surface area contributed by atoms with Crippen molar-refractivity contribution in [1.82, 2.24) is 5.43 Å². The molecule has 146 valence electrons. The summed E-state index contributed by atoms with van der Waals surface area (Å²) in [6.07, 6.45) is 1.57. The molecule has 0 aromatic heterocycles. The second-order valence-corrected chi connectivity index (χ2v) is 7.52. The van der Waals surface area contributed by atoms with Gasteiger partial charge >= 0.3 is 0 Å². The molecule has 1 fully saturated rings. The molecular formula is C20H21BrN3O4+. The highest BCUT2D eigenvalue weighted by Gasteiger charge is 2.16. The van der Waals surface area contributed by atoms with Crippen LogP contribution in [0.3, 0.4) is 0 Å². The van der Waals surface area contributed by atoms with E-state index in [9.17, 15) is 4.79 Å². The van der Waals surface area contributed by atoms with Crippen LogP contribution in [-0.2, 0) is 11.3 Å². The molecule has 1 saturated heterocycles. The maximum Gasteiger partial charge on any atom is 0.271 e. The highest BCUT2D eigenvalue weighted by Crippen LogP contribution is 2.36. The minimum Gasteiger partial charge on any atom is -0.454 e. The highest BCUT2D eigenvalue weighted by molar-refractivity contribution is 9.10. The first kappa shape index (κ1) is 18.9. The van der Waals surface area contributed by atoms with E-state index in [4.69, 9.17) is 14.2 Å². The molecule has 4 rings (SSSR count). The number of hydrogen-bond donors (Lipinski definition) is 2. The second kappa shape index (κ2) is 8.72. The van der Waals surface area contributed by atoms with Gasteiger partial charge in [-0.15, -0.1) is 0 Å². The van der Waals surface area contributed by atoms with Gasteiger partial charge < -0.3 is 19.1 Å². The van der Waals surface area contributed by atoms with Crippen molar-refractivity contribution in [1.29, 1.82) is 0 Å². The first-order chi connectivity index (χ1) is 13.7. The van der Waals surface area contributed by atoms with Crippen LogP contribution in [0.2, 0.25) is 0 Å². The SMILES string of the molecule is O=C(NN=Cc1cc2c(cc1Br)OCO2)c1ccc(C[NH+]2CCOCC2)cc1. The maximum atomic E-state index is 12.3. The Kier molecular flexibility index (Phi) is 5.90. The summed E-state index contributed by atoms with van der Waals surface area (Å²) in [6.45, 7) is 4.82. The molecule has 2 N–H and O–H groups in total. The molecule has 0 radical (unpaired) electrons. The van der Waals surface area contributed by atoms with E-state index in [1.54, 1.807) is 6.21 Å². The average Bonchev–Trinajstić information content (AvgIpc) is 3.16. The van der Waals surface area contributed by atoms with Gasteiger partial charge in [0.2, 0.25) is 6.79 Å². The predicted octanol–water partition coefficient (Wildman–Crippen LogP) is 1.36. The summed E-state index contributed by atoms with van der Waals surface area (Å²) in [5.41, 5.74) is 5.13. The fraction of sp³-hybridized carbons (Fsp3) is 0.300. The number of nitrogens with zero attached hydrogens (tertiary/aromatic N) is 1. The lowest BCUT2D eigenvalue weighted by Gasteiger charge is -2.23. The van der Waals surface area contributed by atoms with Crippen molar-refractivity contribution < 1.29 is 23.9 Å². The number of fused-ring (bicyclic) bond motifs is 1. The molecule has 0 atom stereocenters. The molecule has 2 heterocycles. The molecule has 28 heavy (non-hydrogen) atoms. The maximum absolute atomic E-state index is 12.3. The molecule has 0 spiro atoms. The Morgan fingerprint density at radius 2 is 1.86 bits per heavy atom. The lowest BCUT2D eigenvalue weighted by Crippen LogP contribution is -3.12. The third-order valence-corrected chi connectivity index (χ3v) is 5.42. The summed E-state index contributed by atoms with van der Waals surface area (Å²) in [4.78, 5) is 13.8. The van der Waals surface area contributed by atoms with E-state index in [-0.39, 0.29) is 12.7 Å². The molecule has 0 saturated carbocycles. The number of ether oxygens (including phenoxy) is 3. The van der Waals surface area contributed by atoms with Crippen LogP contribution in [0, 0.1) is 0 Å². The van der Waals surface area contributed by atoms with E-state index < -0.39 is 0 Å². The Balaban J connectivity index is 1.34. The number of carbonyl (C=O) groups is 1. The average molecular weight is 447 g/mol. The Morgan fingerprint density at radius 1 is 1.14 bits per heavy atom. The van der Waals surface area contributed by atoms with Gasteiger partial charge in [-0.2, -0.15) is 5.10 Å². The molecule has 0 bridgehead atoms. The standard InChI is InChI=1S/C20H20BrN3O4/c21-17-10-19-18(27-13-28-19)9-16(17)11-22-23-20(25)15-3-1-14(2-4-15)12-24-5-7-26-8-6-24/h1-4,9-11H,5-8,12-13H2,(H,23,25)/p+1. The number of rotatable bonds is 5. The first-order valence-electron chi connectivity index (χ1n) is 9.12. The van der Waals surface area contributed by atoms with Crippen LogP contribution in [0.15, 0.2) is 46.0 Å². The van der Waals surface area contributed by atoms with Gasteiger partial charge in [0.25, 0.3) is 5.91 Å². The van der Waals surface area contributed by atoms with E-state index in [1.165, 1.54) is 10.5 Å². The zero-order valence-electron chi connectivity index (χ0n) is 15.2. The van der Waals surface area contributed by atoms with Crippen molar-refractivity contribution in [3.63, 3.8) is 0 Å². The molecular weight excluding hydrogens is 426 g/mol. The quantitative estimate of drug-likeness (QED) is 0.537. The van der Waals surface area contributed by atoms with Gasteiger partial charge in [-0.3, -0.25) is 4.79 Å². The lowest BCUT2D eigenvalue weighted by atomic mass is 10.1. The summed E-state index contributed by atoms with van der Waals surface area (Å²) in [6, 6.07) is 11.3. The molecule has 1 amide bonds. The van der Waals surface area contributed by atoms with Crippen molar-refractivity contribution in [3.8, 4) is 11.5 Å². The van der Waals surface area contributed by atoms with Gasteiger partial charge in [0.05, 0.1) is 19.4 Å². The largest absolute Gasteiger partial charge is 0.454 e. The second-order valence-electron chi connectivity index (χ2n) is 6.66. The topological polar surface area (TPSA) is 73.6 Å². The monoisotopic (exact) mass is 446 g/mol. The van der Waals surface area contributed by atoms with Gasteiger partial charge in [0.15, 0.2) is 11.5 Å². The van der Waals surface area contributed by atoms with Gasteiger partial charge in [-0.05, 0) is 40.2 Å². The first-order valence-corrected chi connectivity index (χ1v) is 9.91. The molecule has 0 unspecified atom stereocenters. The van der Waals surface area contributed by atoms with E-state index in [0.717, 1.165) is 42.9 Å². The highest BCUT2D eigenvalue weighted by atomic mass is 79.9. The van der Waals surface area contributed by atoms with Crippen LogP contribution in [0.25, 0.3) is 0 Å². The number of morpholine rings is 1. The van der Waals surface area contributed by atoms with Crippen LogP contribution in [-0.4, -0.2) is 45.2 Å². The van der Waals surface area contributed by atoms with E-state index in [0.29, 0.717) is 17.1 Å². The van der Waals surface area contributed by atoms with Crippen molar-refractivity contribution in [2.45, 2.75) is 6.54 Å². The number of hydrogen-bond acceptors (Lipinski definition) is 5. The third-order valence-electron chi connectivity index (χ3n) is 4.73. The molecule has 2 aliphatic heterocycles. The summed E-state index contributed by atoms with van der Waals surface area (Å²) in [7, 11) is 0. The summed E-state index contributed by atoms with van der Waals surface area (Å²) < 4.78 is 16.9. The number of halogens is 1. The van der Waals surface area contributed by atoms with Crippen LogP contribution in [0.1, 0.15) is 21.5 Å². The Morgan fingerprint density at radius 3 is 2.61 bits per heavy atom. The van der Waals surface area contributed by atoms with Gasteiger partial charge in [0, 0.05) is 21.2 Å². The Bertz CT molecular complexity index is 880. The van der Waals surface area contributed by atoms with E-state index in [1.807, 2.05) is 36.4 Å². The van der Waals surface area contributed by atoms with Gasteiger partial charge in [0.1, 0.15) is 19.6 Å². The Hall–Kier alpha value is -2.42. The number of nitrogens with one attached hydrogen (secondary N) is 2. The van der Waals surface area contributed by atoms with Crippen molar-refractivity contribution in [3.05, 3.63) is 57.6 Å². The van der Waals surface area contributed by atoms with Gasteiger partial charge in [-0.1, -0.05) is 12.1 Å². The summed E-state index contributed by atoms with van der Waals surface area (Å²) in [5, 5.41) is 4.05. The summed E-state index contributed by atoms with van der Waals surface area (Å²) in [5.74, 6) is 1.10. The zero-order valence-corrected chi connectivity index (χ0v) is 16.8. The van der Waals surface area contributed by atoms with Crippen LogP contribution >= 0.6 is 15.9 Å². The Labute approximate surface area is 171 Å². The third kappa shape index (κ3) is 4.52. The molecule has 2 aliphatic rings. The van der Waals surface area contributed by atoms with Gasteiger partial charge in [-0.25, -0.2) is 5.43 Å². The minimum atomic E-state index is -0.251. The van der Waals surface area contributed by atoms with Crippen LogP contribution in [0.5, 0.6) is 11.5 Å². The van der Waals surface area contributed by atoms with Crippen LogP contribution < -0.4 is 19.8 Å². The number of benzene rings is 2. The minimum absolute atomic E-state index is 0.210. The number of amides is 1. The molecule has 0 aliphatic carbocycles. The number of hydrazone groups is 1. The van der Waals surface area contributed by atoms with E-state index >= 15 is 0 Å². The van der Waals surface area contributed by atoms with Crippen molar-refractivity contribution in [2.24, 2.45) is 5.10 Å². The van der Waals surface area contributed by atoms with E-state index in [2.05, 4.69) is 26.5 Å². The zero-order chi connectivity index (χ0) is 19.3. The molecule has 2 aromatic carbocycles. The molecule has 7 nitrogen and oxygen atoms in total. The fourth-order valence-electron chi connectivity index (χ4n) is 3.16. The lowest BCUT2D eigenvalue weighted by molar-refractivity contribution is -0.921. The van der Waals surface area contributed by atoms with Crippen molar-refractivity contribution in [2.75, 3.05) is 33.1 Å². The summed E-state index contributed by atoms with van der Waals surface area (Å²) >= 11 is 3.46. The predicted molar refractivity (Wildman–Crippen MR) is 107 cm³/mol. The molecule has 8 heteroatoms. The normalized spacial score (nSPS) is 16.5. The van der Waals surface area contributed by atoms with Crippen molar-refractivity contribution >= 4 is 28.1 Å². The fourth-order valence-corrected chi connectivity index (χ4v) is 3.58. The smallest absolute Gasteiger partial charge is 0.271 e.